The molecule has 2 heterocycles. The third kappa shape index (κ3) is 1.75. The second kappa shape index (κ2) is 4.66. The number of hydrogen-bond donors (Lipinski definition) is 1. The van der Waals surface area contributed by atoms with Gasteiger partial charge in [-0.2, -0.15) is 0 Å². The molecule has 0 amide bonds. The summed E-state index contributed by atoms with van der Waals surface area (Å²) in [5, 5.41) is 0. The number of H-pyrrole nitrogens is 1. The van der Waals surface area contributed by atoms with Crippen molar-refractivity contribution < 1.29 is 9.59 Å². The van der Waals surface area contributed by atoms with E-state index in [0.29, 0.717) is 34.6 Å². The fourth-order valence-electron chi connectivity index (χ4n) is 3.14. The fraction of sp³-hybridized carbons (Fsp3) is 0.235. The lowest BCUT2D eigenvalue weighted by Crippen LogP contribution is -2.37. The van der Waals surface area contributed by atoms with Crippen LogP contribution in [-0.2, 0) is 0 Å². The van der Waals surface area contributed by atoms with E-state index < -0.39 is 0 Å². The molecule has 112 valence electrons. The predicted octanol–water partition coefficient (Wildman–Crippen LogP) is 2.11. The number of hydrogen-bond acceptors (Lipinski definition) is 4. The molecular formula is C17H16N2O3. The summed E-state index contributed by atoms with van der Waals surface area (Å²) in [7, 11) is 0. The van der Waals surface area contributed by atoms with Crippen LogP contribution in [0.2, 0.25) is 0 Å². The highest BCUT2D eigenvalue weighted by atomic mass is 16.1. The van der Waals surface area contributed by atoms with E-state index in [9.17, 15) is 14.4 Å². The molecule has 0 spiro atoms. The molecule has 0 saturated carbocycles. The van der Waals surface area contributed by atoms with Crippen molar-refractivity contribution in [3.05, 3.63) is 68.4 Å². The SMILES string of the molecule is C=C1C=C(C)C2=C(C(=O)c3[nH]c(=O)cc(C)c3C2=O)N1CC. The molecular weight excluding hydrogens is 280 g/mol. The normalized spacial score (nSPS) is 17.5. The van der Waals surface area contributed by atoms with Crippen molar-refractivity contribution in [1.82, 2.24) is 9.88 Å². The zero-order valence-corrected chi connectivity index (χ0v) is 12.7. The Balaban J connectivity index is 2.36. The maximum Gasteiger partial charge on any atom is 0.248 e. The number of nitrogens with zero attached hydrogens (tertiary/aromatic N) is 1. The van der Waals surface area contributed by atoms with Crippen LogP contribution in [0.3, 0.4) is 0 Å². The summed E-state index contributed by atoms with van der Waals surface area (Å²) in [5.74, 6) is -0.557. The molecule has 1 aliphatic heterocycles. The number of Topliss-reactive ketones (excluding diaryl/α,β-unsaturated/α-hetero) is 2. The Hall–Kier alpha value is -2.69. The number of nitrogens with one attached hydrogen (secondary N) is 1. The largest absolute Gasteiger partial charge is 0.338 e. The minimum absolute atomic E-state index is 0.0784. The third-order valence-corrected chi connectivity index (χ3v) is 4.08. The molecule has 22 heavy (non-hydrogen) atoms. The van der Waals surface area contributed by atoms with Gasteiger partial charge in [0.05, 0.1) is 11.1 Å². The van der Waals surface area contributed by atoms with Gasteiger partial charge in [-0.1, -0.05) is 6.58 Å². The number of likely N-dealkylation sites (N-methyl/N-ethyl adjacent to an activating group) is 1. The van der Waals surface area contributed by atoms with Crippen LogP contribution >= 0.6 is 0 Å². The van der Waals surface area contributed by atoms with Crippen LogP contribution < -0.4 is 5.56 Å². The van der Waals surface area contributed by atoms with Crippen LogP contribution in [0.15, 0.2) is 46.1 Å². The molecule has 5 nitrogen and oxygen atoms in total. The molecule has 0 atom stereocenters. The number of allylic oxidation sites excluding steroid dienone is 4. The topological polar surface area (TPSA) is 70.2 Å². The quantitative estimate of drug-likeness (QED) is 0.861. The Labute approximate surface area is 127 Å². The molecule has 0 bridgehead atoms. The average Bonchev–Trinajstić information content (AvgIpc) is 2.43. The molecule has 1 N–H and O–H groups in total. The van der Waals surface area contributed by atoms with Crippen molar-refractivity contribution in [3.8, 4) is 0 Å². The maximum absolute atomic E-state index is 12.9. The first-order chi connectivity index (χ1) is 10.4. The number of aromatic amines is 1. The number of carbonyl (C=O) groups is 2. The molecule has 0 radical (unpaired) electrons. The lowest BCUT2D eigenvalue weighted by molar-refractivity contribution is 0.0945. The van der Waals surface area contributed by atoms with Crippen molar-refractivity contribution >= 4 is 11.6 Å². The number of rotatable bonds is 1. The number of pyridine rings is 1. The molecule has 0 aromatic carbocycles. The zero-order chi connectivity index (χ0) is 16.2. The molecule has 0 fully saturated rings. The number of aryl methyl sites for hydroxylation is 1. The van der Waals surface area contributed by atoms with Gasteiger partial charge in [-0.05, 0) is 38.0 Å². The van der Waals surface area contributed by atoms with Crippen molar-refractivity contribution in [2.24, 2.45) is 0 Å². The zero-order valence-electron chi connectivity index (χ0n) is 12.7. The van der Waals surface area contributed by atoms with Crippen molar-refractivity contribution in [3.63, 3.8) is 0 Å². The van der Waals surface area contributed by atoms with Crippen LogP contribution in [0, 0.1) is 6.92 Å². The van der Waals surface area contributed by atoms with E-state index in [1.807, 2.05) is 6.92 Å². The fourth-order valence-corrected chi connectivity index (χ4v) is 3.14. The molecule has 3 rings (SSSR count). The monoisotopic (exact) mass is 296 g/mol. The lowest BCUT2D eigenvalue weighted by Gasteiger charge is -2.34. The van der Waals surface area contributed by atoms with E-state index in [1.54, 1.807) is 24.8 Å². The van der Waals surface area contributed by atoms with Gasteiger partial charge < -0.3 is 9.88 Å². The number of aromatic nitrogens is 1. The van der Waals surface area contributed by atoms with Crippen molar-refractivity contribution in [2.75, 3.05) is 6.54 Å². The second-order valence-electron chi connectivity index (χ2n) is 5.51. The summed E-state index contributed by atoms with van der Waals surface area (Å²) in [4.78, 5) is 41.7. The van der Waals surface area contributed by atoms with Gasteiger partial charge >= 0.3 is 0 Å². The summed E-state index contributed by atoms with van der Waals surface area (Å²) in [6.45, 7) is 9.81. The van der Waals surface area contributed by atoms with E-state index >= 15 is 0 Å². The molecule has 5 heteroatoms. The van der Waals surface area contributed by atoms with Gasteiger partial charge in [0.2, 0.25) is 11.3 Å². The number of ketones is 2. The minimum Gasteiger partial charge on any atom is -0.338 e. The summed E-state index contributed by atoms with van der Waals surface area (Å²) >= 11 is 0. The van der Waals surface area contributed by atoms with Gasteiger partial charge in [-0.3, -0.25) is 14.4 Å². The highest BCUT2D eigenvalue weighted by Gasteiger charge is 2.39. The van der Waals surface area contributed by atoms with Gasteiger partial charge in [0.25, 0.3) is 0 Å². The van der Waals surface area contributed by atoms with Crippen LogP contribution in [0.25, 0.3) is 0 Å². The first-order valence-electron chi connectivity index (χ1n) is 7.09. The molecule has 1 aromatic rings. The summed E-state index contributed by atoms with van der Waals surface area (Å²) in [6.07, 6.45) is 1.81. The van der Waals surface area contributed by atoms with Crippen molar-refractivity contribution in [2.45, 2.75) is 20.8 Å². The van der Waals surface area contributed by atoms with E-state index in [-0.39, 0.29) is 22.8 Å². The standard InChI is InChI=1S/C17H16N2O3/c1-5-19-10(4)6-8(2)13-15(19)17(22)14-12(16(13)21)9(3)7-11(20)18-14/h6-7H,4-5H2,1-3H3,(H,18,20). The minimum atomic E-state index is -0.383. The lowest BCUT2D eigenvalue weighted by atomic mass is 9.82. The van der Waals surface area contributed by atoms with Crippen LogP contribution in [-0.4, -0.2) is 28.0 Å². The number of carbonyl (C=O) groups excluding carboxylic acids is 2. The molecule has 0 unspecified atom stereocenters. The Kier molecular flexibility index (Phi) is 3.02. The molecule has 0 saturated heterocycles. The van der Waals surface area contributed by atoms with Crippen LogP contribution in [0.4, 0.5) is 0 Å². The van der Waals surface area contributed by atoms with Crippen LogP contribution in [0.5, 0.6) is 0 Å². The van der Waals surface area contributed by atoms with Gasteiger partial charge in [0.15, 0.2) is 5.78 Å². The van der Waals surface area contributed by atoms with E-state index in [2.05, 4.69) is 11.6 Å². The van der Waals surface area contributed by atoms with E-state index in [0.717, 1.165) is 5.57 Å². The smallest absolute Gasteiger partial charge is 0.248 e. The Morgan fingerprint density at radius 2 is 1.86 bits per heavy atom. The van der Waals surface area contributed by atoms with Gasteiger partial charge in [-0.15, -0.1) is 0 Å². The highest BCUT2D eigenvalue weighted by molar-refractivity contribution is 6.28. The van der Waals surface area contributed by atoms with E-state index in [4.69, 9.17) is 0 Å². The van der Waals surface area contributed by atoms with Gasteiger partial charge in [-0.25, -0.2) is 0 Å². The third-order valence-electron chi connectivity index (χ3n) is 4.08. The predicted molar refractivity (Wildman–Crippen MR) is 82.8 cm³/mol. The first kappa shape index (κ1) is 14.3. The second-order valence-corrected chi connectivity index (χ2v) is 5.51. The van der Waals surface area contributed by atoms with Crippen molar-refractivity contribution in [1.29, 1.82) is 0 Å². The molecule has 2 aliphatic rings. The van der Waals surface area contributed by atoms with Crippen LogP contribution in [0.1, 0.15) is 40.3 Å². The average molecular weight is 296 g/mol. The number of fused-ring (bicyclic) bond motifs is 1. The first-order valence-corrected chi connectivity index (χ1v) is 7.09. The molecule has 1 aromatic heterocycles. The highest BCUT2D eigenvalue weighted by Crippen LogP contribution is 2.36. The molecule has 1 aliphatic carbocycles. The maximum atomic E-state index is 12.9. The summed E-state index contributed by atoms with van der Waals surface area (Å²) in [5.41, 5.74) is 2.61. The van der Waals surface area contributed by atoms with Gasteiger partial charge in [0, 0.05) is 18.3 Å². The Morgan fingerprint density at radius 1 is 1.18 bits per heavy atom. The summed E-state index contributed by atoms with van der Waals surface area (Å²) in [6, 6.07) is 1.34. The Bertz CT molecular complexity index is 868. The van der Waals surface area contributed by atoms with Gasteiger partial charge in [0.1, 0.15) is 11.4 Å². The summed E-state index contributed by atoms with van der Waals surface area (Å²) < 4.78 is 0. The van der Waals surface area contributed by atoms with E-state index in [1.165, 1.54) is 6.07 Å². The Morgan fingerprint density at radius 3 is 2.50 bits per heavy atom.